The first-order valence-corrected chi connectivity index (χ1v) is 4.23. The molecular formula is C10H16AlCaO4+5. The molecule has 0 rings (SSSR count). The molecule has 0 unspecified atom stereocenters. The fourth-order valence-electron chi connectivity index (χ4n) is 0.701. The van der Waals surface area contributed by atoms with Gasteiger partial charge in [-0.3, -0.25) is 19.2 Å². The summed E-state index contributed by atoms with van der Waals surface area (Å²) in [4.78, 5) is 40.1. The smallest absolute Gasteiger partial charge is 0.300 e. The summed E-state index contributed by atoms with van der Waals surface area (Å²) in [5.74, 6) is -0.250. The van der Waals surface area contributed by atoms with Gasteiger partial charge in [-0.2, -0.15) is 0 Å². The van der Waals surface area contributed by atoms with Gasteiger partial charge in [0.1, 0.15) is 23.1 Å². The van der Waals surface area contributed by atoms with Gasteiger partial charge < -0.3 is 0 Å². The van der Waals surface area contributed by atoms with E-state index in [2.05, 4.69) is 0 Å². The van der Waals surface area contributed by atoms with Crippen LogP contribution in [0.3, 0.4) is 0 Å². The van der Waals surface area contributed by atoms with E-state index in [1.807, 2.05) is 0 Å². The van der Waals surface area contributed by atoms with Gasteiger partial charge in [0.25, 0.3) is 0 Å². The van der Waals surface area contributed by atoms with Crippen LogP contribution in [-0.4, -0.2) is 78.2 Å². The summed E-state index contributed by atoms with van der Waals surface area (Å²) >= 11 is 0. The molecule has 4 nitrogen and oxygen atoms in total. The Morgan fingerprint density at radius 1 is 0.625 bits per heavy atom. The average Bonchev–Trinajstić information content (AvgIpc) is 1.79. The summed E-state index contributed by atoms with van der Waals surface area (Å²) in [6.45, 7) is 5.62. The number of Topliss-reactive ketones (excluding diaryl/α,β-unsaturated/α-hetero) is 4. The minimum Gasteiger partial charge on any atom is -0.300 e. The summed E-state index contributed by atoms with van der Waals surface area (Å²) in [5.41, 5.74) is 0. The van der Waals surface area contributed by atoms with Crippen LogP contribution >= 0.6 is 0 Å². The molecule has 0 aliphatic carbocycles. The van der Waals surface area contributed by atoms with E-state index in [4.69, 9.17) is 0 Å². The fraction of sp³-hybridized carbons (Fsp3) is 0.600. The second-order valence-corrected chi connectivity index (χ2v) is 3.16. The maximum Gasteiger partial charge on any atom is 3.00 e. The quantitative estimate of drug-likeness (QED) is 0.544. The van der Waals surface area contributed by atoms with Gasteiger partial charge in [0.15, 0.2) is 0 Å². The molecular weight excluding hydrogens is 251 g/mol. The normalized spacial score (nSPS) is 7.25. The van der Waals surface area contributed by atoms with Crippen LogP contribution in [0.1, 0.15) is 40.5 Å². The van der Waals surface area contributed by atoms with E-state index >= 15 is 0 Å². The molecule has 0 N–H and O–H groups in total. The predicted octanol–water partition coefficient (Wildman–Crippen LogP) is 0.347. The van der Waals surface area contributed by atoms with E-state index < -0.39 is 0 Å². The van der Waals surface area contributed by atoms with Gasteiger partial charge in [0, 0.05) is 0 Å². The summed E-state index contributed by atoms with van der Waals surface area (Å²) in [5, 5.41) is 0. The number of rotatable bonds is 4. The minimum absolute atomic E-state index is 0. The van der Waals surface area contributed by atoms with Gasteiger partial charge in [-0.25, -0.2) is 0 Å². The molecule has 0 aliphatic rings. The van der Waals surface area contributed by atoms with Crippen LogP contribution in [0, 0.1) is 0 Å². The molecule has 0 aromatic rings. The van der Waals surface area contributed by atoms with Crippen molar-refractivity contribution in [2.24, 2.45) is 0 Å². The van der Waals surface area contributed by atoms with Crippen molar-refractivity contribution < 1.29 is 19.2 Å². The van der Waals surface area contributed by atoms with E-state index in [0.29, 0.717) is 0 Å². The predicted molar refractivity (Wildman–Crippen MR) is 63.5 cm³/mol. The first-order chi connectivity index (χ1) is 6.25. The Morgan fingerprint density at radius 3 is 0.750 bits per heavy atom. The number of carbonyl (C=O) groups excluding carboxylic acids is 4. The Hall–Kier alpha value is 0.472. The largest absolute Gasteiger partial charge is 3.00 e. The van der Waals surface area contributed by atoms with E-state index in [1.165, 1.54) is 27.7 Å². The summed E-state index contributed by atoms with van der Waals surface area (Å²) in [7, 11) is 0. The van der Waals surface area contributed by atoms with Crippen LogP contribution in [0.15, 0.2) is 0 Å². The van der Waals surface area contributed by atoms with Crippen molar-refractivity contribution in [1.29, 1.82) is 0 Å². The molecule has 0 aromatic heterocycles. The van der Waals surface area contributed by atoms with E-state index in [0.717, 1.165) is 0 Å². The minimum atomic E-state index is -0.0625. The van der Waals surface area contributed by atoms with E-state index in [1.54, 1.807) is 0 Å². The molecule has 80 valence electrons. The summed E-state index contributed by atoms with van der Waals surface area (Å²) < 4.78 is 0. The SMILES string of the molecule is CC(=O)CC(C)=O.CC(=O)CC(C)=O.[Al+3].[Ca+2]. The molecule has 0 saturated carbocycles. The summed E-state index contributed by atoms with van der Waals surface area (Å²) in [6, 6.07) is 0. The fourth-order valence-corrected chi connectivity index (χ4v) is 0.701. The van der Waals surface area contributed by atoms with Crippen molar-refractivity contribution in [1.82, 2.24) is 0 Å². The molecule has 0 aromatic carbocycles. The molecule has 6 heteroatoms. The topological polar surface area (TPSA) is 68.3 Å². The number of hydrogen-bond acceptors (Lipinski definition) is 4. The van der Waals surface area contributed by atoms with Crippen LogP contribution in [0.2, 0.25) is 0 Å². The molecule has 0 atom stereocenters. The van der Waals surface area contributed by atoms with Crippen LogP contribution < -0.4 is 0 Å². The number of ketones is 4. The van der Waals surface area contributed by atoms with Crippen molar-refractivity contribution >= 4 is 78.2 Å². The summed E-state index contributed by atoms with van der Waals surface area (Å²) in [6.07, 6.45) is 0.167. The number of hydrogen-bond donors (Lipinski definition) is 0. The molecule has 0 radical (unpaired) electrons. The van der Waals surface area contributed by atoms with Crippen LogP contribution in [0.25, 0.3) is 0 Å². The molecule has 0 spiro atoms. The second kappa shape index (κ2) is 15.5. The van der Waals surface area contributed by atoms with Crippen molar-refractivity contribution in [2.75, 3.05) is 0 Å². The Kier molecular flexibility index (Phi) is 24.5. The van der Waals surface area contributed by atoms with Gasteiger partial charge >= 0.3 is 55.1 Å². The van der Waals surface area contributed by atoms with Gasteiger partial charge in [-0.15, -0.1) is 0 Å². The standard InChI is InChI=1S/2C5H8O2.Al.Ca/c2*1-4(6)3-5(2)7;;/h2*3H2,1-2H3;;/q;;+3;+2. The zero-order valence-corrected chi connectivity index (χ0v) is 13.7. The van der Waals surface area contributed by atoms with Gasteiger partial charge in [-0.05, 0) is 27.7 Å². The van der Waals surface area contributed by atoms with Gasteiger partial charge in [0.2, 0.25) is 0 Å². The third-order valence-corrected chi connectivity index (χ3v) is 0.996. The van der Waals surface area contributed by atoms with Crippen molar-refractivity contribution in [3.63, 3.8) is 0 Å². The van der Waals surface area contributed by atoms with Gasteiger partial charge in [-0.1, -0.05) is 0 Å². The van der Waals surface area contributed by atoms with Crippen molar-refractivity contribution in [3.05, 3.63) is 0 Å². The molecule has 0 aliphatic heterocycles. The molecule has 16 heavy (non-hydrogen) atoms. The Morgan fingerprint density at radius 2 is 0.750 bits per heavy atom. The van der Waals surface area contributed by atoms with E-state index in [-0.39, 0.29) is 91.1 Å². The molecule has 0 saturated heterocycles. The Bertz CT molecular complexity index is 201. The first kappa shape index (κ1) is 25.3. The molecule has 0 amide bonds. The monoisotopic (exact) mass is 267 g/mol. The molecule has 0 fully saturated rings. The molecule has 0 heterocycles. The maximum absolute atomic E-state index is 10.0. The van der Waals surface area contributed by atoms with Crippen molar-refractivity contribution in [3.8, 4) is 0 Å². The van der Waals surface area contributed by atoms with Crippen LogP contribution in [0.5, 0.6) is 0 Å². The zero-order chi connectivity index (χ0) is 11.7. The van der Waals surface area contributed by atoms with Crippen molar-refractivity contribution in [2.45, 2.75) is 40.5 Å². The first-order valence-electron chi connectivity index (χ1n) is 4.23. The van der Waals surface area contributed by atoms with Gasteiger partial charge in [0.05, 0.1) is 12.8 Å². The number of carbonyl (C=O) groups is 4. The zero-order valence-electron chi connectivity index (χ0n) is 10.3. The Labute approximate surface area is 137 Å². The Balaban J connectivity index is -0.0000000800. The average molecular weight is 267 g/mol. The molecule has 0 bridgehead atoms. The second-order valence-electron chi connectivity index (χ2n) is 3.16. The maximum atomic E-state index is 10.0. The third kappa shape index (κ3) is 36.6. The van der Waals surface area contributed by atoms with Crippen LogP contribution in [0.4, 0.5) is 0 Å². The van der Waals surface area contributed by atoms with Crippen LogP contribution in [-0.2, 0) is 19.2 Å². The third-order valence-electron chi connectivity index (χ3n) is 0.996. The van der Waals surface area contributed by atoms with E-state index in [9.17, 15) is 19.2 Å².